The van der Waals surface area contributed by atoms with Gasteiger partial charge in [0.1, 0.15) is 30.2 Å². The van der Waals surface area contributed by atoms with E-state index < -0.39 is 36.2 Å². The van der Waals surface area contributed by atoms with E-state index in [0.29, 0.717) is 43.8 Å². The average Bonchev–Trinajstić information content (AvgIpc) is 3.24. The van der Waals surface area contributed by atoms with Crippen molar-refractivity contribution in [2.24, 2.45) is 5.92 Å². The zero-order valence-electron chi connectivity index (χ0n) is 32.8. The number of amides is 2. The molecule has 13 heteroatoms. The van der Waals surface area contributed by atoms with Crippen LogP contribution in [0.5, 0.6) is 11.5 Å². The number of hydrogen-bond acceptors (Lipinski definition) is 8. The summed E-state index contributed by atoms with van der Waals surface area (Å²) in [5.41, 5.74) is 6.62. The molecule has 5 aromatic carbocycles. The number of ether oxygens (including phenoxy) is 3. The maximum Gasteiger partial charge on any atom is 0.410 e. The highest BCUT2D eigenvalue weighted by molar-refractivity contribution is 6.42. The Morgan fingerprint density at radius 1 is 0.883 bits per heavy atom. The van der Waals surface area contributed by atoms with Crippen molar-refractivity contribution in [2.45, 2.75) is 64.4 Å². The smallest absolute Gasteiger partial charge is 0.410 e. The fourth-order valence-electron chi connectivity index (χ4n) is 7.20. The van der Waals surface area contributed by atoms with Crippen LogP contribution in [0.4, 0.5) is 4.79 Å². The van der Waals surface area contributed by atoms with Crippen LogP contribution in [0.25, 0.3) is 11.1 Å². The van der Waals surface area contributed by atoms with Gasteiger partial charge in [0.15, 0.2) is 11.9 Å². The van der Waals surface area contributed by atoms with Gasteiger partial charge in [-0.2, -0.15) is 5.26 Å². The minimum absolute atomic E-state index is 0.000977. The van der Waals surface area contributed by atoms with Crippen molar-refractivity contribution in [2.75, 3.05) is 6.61 Å². The molecule has 2 aliphatic heterocycles. The molecule has 0 saturated carbocycles. The van der Waals surface area contributed by atoms with E-state index in [1.165, 1.54) is 4.90 Å². The SMILES string of the molecule is CC(C)COC(=O)N1Cc2cc3c(cc2C[C@H]1C(=O)N[C@@H](Cc1ccc(-c2ccc(C#N)cc2)cc1)C(=O)O)CC(=O)C(c1ccc(OCc2ccc(Cl)c(Cl)c2)cc1)O3. The van der Waals surface area contributed by atoms with Crippen LogP contribution < -0.4 is 14.8 Å². The Labute approximate surface area is 357 Å². The second-order valence-corrected chi connectivity index (χ2v) is 16.1. The lowest BCUT2D eigenvalue weighted by atomic mass is 9.88. The molecule has 0 bridgehead atoms. The number of hydrogen-bond donors (Lipinski definition) is 2. The molecule has 0 aliphatic carbocycles. The monoisotopic (exact) mass is 845 g/mol. The molecule has 0 fully saturated rings. The first-order valence-electron chi connectivity index (χ1n) is 19.4. The van der Waals surface area contributed by atoms with Gasteiger partial charge in [0.05, 0.1) is 34.8 Å². The summed E-state index contributed by atoms with van der Waals surface area (Å²) in [4.78, 5) is 54.9. The van der Waals surface area contributed by atoms with Crippen LogP contribution >= 0.6 is 23.2 Å². The molecule has 1 unspecified atom stereocenters. The summed E-state index contributed by atoms with van der Waals surface area (Å²) in [6.07, 6.45) is -1.41. The summed E-state index contributed by atoms with van der Waals surface area (Å²) in [7, 11) is 0. The van der Waals surface area contributed by atoms with Crippen molar-refractivity contribution < 1.29 is 38.5 Å². The number of nitrogens with one attached hydrogen (secondary N) is 1. The van der Waals surface area contributed by atoms with Gasteiger partial charge in [0.2, 0.25) is 5.91 Å². The highest BCUT2D eigenvalue weighted by Crippen LogP contribution is 2.38. The van der Waals surface area contributed by atoms with E-state index >= 15 is 0 Å². The molecule has 5 aromatic rings. The number of carboxylic acids is 1. The number of carboxylic acid groups (broad SMARTS) is 1. The molecule has 2 amide bonds. The average molecular weight is 847 g/mol. The molecule has 3 atom stereocenters. The first kappa shape index (κ1) is 41.8. The zero-order valence-corrected chi connectivity index (χ0v) is 34.3. The summed E-state index contributed by atoms with van der Waals surface area (Å²) < 4.78 is 17.8. The van der Waals surface area contributed by atoms with Crippen molar-refractivity contribution in [3.05, 3.63) is 152 Å². The number of benzene rings is 5. The Morgan fingerprint density at radius 2 is 1.57 bits per heavy atom. The highest BCUT2D eigenvalue weighted by Gasteiger charge is 2.39. The van der Waals surface area contributed by atoms with Crippen LogP contribution in [-0.4, -0.2) is 52.4 Å². The van der Waals surface area contributed by atoms with Crippen molar-refractivity contribution in [1.82, 2.24) is 10.2 Å². The van der Waals surface area contributed by atoms with E-state index in [2.05, 4.69) is 11.4 Å². The predicted molar refractivity (Wildman–Crippen MR) is 225 cm³/mol. The number of fused-ring (bicyclic) bond motifs is 2. The third-order valence-electron chi connectivity index (χ3n) is 10.4. The van der Waals surface area contributed by atoms with Crippen LogP contribution in [0.1, 0.15) is 58.9 Å². The Bertz CT molecular complexity index is 2470. The molecular formula is C47H41Cl2N3O8. The second kappa shape index (κ2) is 18.3. The van der Waals surface area contributed by atoms with Gasteiger partial charge in [-0.05, 0) is 81.8 Å². The van der Waals surface area contributed by atoms with Gasteiger partial charge in [-0.15, -0.1) is 0 Å². The Morgan fingerprint density at radius 3 is 2.22 bits per heavy atom. The molecule has 60 heavy (non-hydrogen) atoms. The van der Waals surface area contributed by atoms with E-state index in [1.54, 1.807) is 66.7 Å². The number of halogens is 2. The third-order valence-corrected chi connectivity index (χ3v) is 11.2. The van der Waals surface area contributed by atoms with Crippen LogP contribution in [0.2, 0.25) is 10.0 Å². The quantitative estimate of drug-likeness (QED) is 0.126. The number of carbonyl (C=O) groups is 4. The van der Waals surface area contributed by atoms with Gasteiger partial charge in [0.25, 0.3) is 0 Å². The molecule has 2 heterocycles. The van der Waals surface area contributed by atoms with Crippen LogP contribution in [0.3, 0.4) is 0 Å². The van der Waals surface area contributed by atoms with Crippen LogP contribution in [0, 0.1) is 17.2 Å². The molecule has 11 nitrogen and oxygen atoms in total. The number of Topliss-reactive ketones (excluding diaryl/α,β-unsaturated/α-hetero) is 1. The first-order chi connectivity index (χ1) is 28.8. The number of rotatable bonds is 12. The van der Waals surface area contributed by atoms with Gasteiger partial charge in [-0.3, -0.25) is 14.5 Å². The molecule has 7 rings (SSSR count). The maximum absolute atomic E-state index is 14.0. The maximum atomic E-state index is 14.0. The summed E-state index contributed by atoms with van der Waals surface area (Å²) in [6.45, 7) is 4.20. The second-order valence-electron chi connectivity index (χ2n) is 15.3. The minimum Gasteiger partial charge on any atom is -0.489 e. The number of carbonyl (C=O) groups excluding carboxylic acids is 3. The highest BCUT2D eigenvalue weighted by atomic mass is 35.5. The Balaban J connectivity index is 1.06. The minimum atomic E-state index is -1.29. The standard InChI is InChI=1S/C47H41Cl2N3O8/c1-27(2)25-59-47(57)52-24-36-22-43-35(21-42(53)44(60-43)33-12-14-37(15-13-33)58-26-30-7-16-38(48)39(49)17-30)19-34(36)20-41(52)45(54)51-40(46(55)56)18-28-3-8-31(9-4-28)32-10-5-29(23-50)6-11-32/h3-17,19,22,27,40-41,44H,18,20-21,24-26H2,1-2H3,(H,51,54)(H,55,56)/t40-,41-,44?/m0/s1. The molecule has 0 spiro atoms. The van der Waals surface area contributed by atoms with Crippen LogP contribution in [-0.2, 0) is 51.5 Å². The van der Waals surface area contributed by atoms with Crippen molar-refractivity contribution >= 4 is 47.0 Å². The molecule has 0 aromatic heterocycles. The van der Waals surface area contributed by atoms with Gasteiger partial charge in [-0.1, -0.05) is 97.7 Å². The van der Waals surface area contributed by atoms with Crippen molar-refractivity contribution in [3.8, 4) is 28.7 Å². The van der Waals surface area contributed by atoms with Crippen molar-refractivity contribution in [1.29, 1.82) is 5.26 Å². The van der Waals surface area contributed by atoms with E-state index in [-0.39, 0.29) is 50.7 Å². The van der Waals surface area contributed by atoms with Crippen LogP contribution in [0.15, 0.2) is 103 Å². The lowest BCUT2D eigenvalue weighted by Gasteiger charge is -2.37. The predicted octanol–water partition coefficient (Wildman–Crippen LogP) is 8.69. The number of nitrogens with zero attached hydrogens (tertiary/aromatic N) is 2. The van der Waals surface area contributed by atoms with E-state index in [9.17, 15) is 24.3 Å². The molecule has 306 valence electrons. The lowest BCUT2D eigenvalue weighted by molar-refractivity contribution is -0.142. The van der Waals surface area contributed by atoms with Gasteiger partial charge in [0, 0.05) is 30.4 Å². The Kier molecular flexibility index (Phi) is 12.7. The third kappa shape index (κ3) is 9.74. The summed E-state index contributed by atoms with van der Waals surface area (Å²) in [5, 5.41) is 22.9. The zero-order chi connectivity index (χ0) is 42.5. The molecular weight excluding hydrogens is 805 g/mol. The molecule has 2 N–H and O–H groups in total. The van der Waals surface area contributed by atoms with Crippen molar-refractivity contribution in [3.63, 3.8) is 0 Å². The van der Waals surface area contributed by atoms with Gasteiger partial charge < -0.3 is 24.6 Å². The number of nitriles is 1. The fourth-order valence-corrected chi connectivity index (χ4v) is 7.52. The lowest BCUT2D eigenvalue weighted by Crippen LogP contribution is -2.56. The van der Waals surface area contributed by atoms with Gasteiger partial charge >= 0.3 is 12.1 Å². The summed E-state index contributed by atoms with van der Waals surface area (Å²) in [5.74, 6) is -0.892. The normalized spacial score (nSPS) is 16.1. The first-order valence-corrected chi connectivity index (χ1v) is 20.2. The number of ketones is 1. The Hall–Kier alpha value is -6.35. The molecule has 0 radical (unpaired) electrons. The summed E-state index contributed by atoms with van der Waals surface area (Å²) in [6, 6.07) is 30.2. The molecule has 0 saturated heterocycles. The van der Waals surface area contributed by atoms with E-state index in [0.717, 1.165) is 27.8 Å². The van der Waals surface area contributed by atoms with E-state index in [1.807, 2.05) is 50.2 Å². The topological polar surface area (TPSA) is 155 Å². The largest absolute Gasteiger partial charge is 0.489 e. The number of aliphatic carboxylic acids is 1. The van der Waals surface area contributed by atoms with Gasteiger partial charge in [-0.25, -0.2) is 9.59 Å². The molecule has 2 aliphatic rings. The van der Waals surface area contributed by atoms with E-state index in [4.69, 9.17) is 42.7 Å². The fraction of sp³-hybridized carbons (Fsp3) is 0.255. The summed E-state index contributed by atoms with van der Waals surface area (Å²) >= 11 is 12.2.